The summed E-state index contributed by atoms with van der Waals surface area (Å²) in [5.74, 6) is 0.608. The second-order valence-electron chi connectivity index (χ2n) is 4.88. The molecule has 0 heterocycles. The molecule has 0 aromatic rings. The Bertz CT molecular complexity index is 194. The van der Waals surface area contributed by atoms with Crippen molar-refractivity contribution in [2.45, 2.75) is 59.7 Å². The van der Waals surface area contributed by atoms with E-state index in [1.54, 1.807) is 0 Å². The van der Waals surface area contributed by atoms with Crippen molar-refractivity contribution in [2.24, 2.45) is 5.92 Å². The maximum absolute atomic E-state index is 6.54. The van der Waals surface area contributed by atoms with Gasteiger partial charge in [-0.3, -0.25) is 0 Å². The fourth-order valence-electron chi connectivity index (χ4n) is 1.46. The molecular formula is C12H24BCl. The molecule has 0 bridgehead atoms. The maximum atomic E-state index is 6.54. The molecule has 0 radical (unpaired) electrons. The van der Waals surface area contributed by atoms with E-state index in [0.717, 1.165) is 12.8 Å². The number of hydrogen-bond acceptors (Lipinski definition) is 0. The normalized spacial score (nSPS) is 13.6. The van der Waals surface area contributed by atoms with Crippen LogP contribution in [0.15, 0.2) is 11.5 Å². The second-order valence-corrected chi connectivity index (χ2v) is 5.32. The Morgan fingerprint density at radius 2 is 1.86 bits per heavy atom. The topological polar surface area (TPSA) is 0 Å². The van der Waals surface area contributed by atoms with Crippen LogP contribution in [0.2, 0.25) is 5.31 Å². The fourth-order valence-corrected chi connectivity index (χ4v) is 1.96. The van der Waals surface area contributed by atoms with Crippen molar-refractivity contribution in [3.63, 3.8) is 0 Å². The zero-order valence-electron chi connectivity index (χ0n) is 10.5. The monoisotopic (exact) mass is 214 g/mol. The van der Waals surface area contributed by atoms with E-state index >= 15 is 0 Å². The molecule has 82 valence electrons. The van der Waals surface area contributed by atoms with Gasteiger partial charge in [-0.05, 0) is 24.1 Å². The molecule has 0 aliphatic heterocycles. The van der Waals surface area contributed by atoms with Crippen molar-refractivity contribution in [3.05, 3.63) is 11.5 Å². The summed E-state index contributed by atoms with van der Waals surface area (Å²) in [5, 5.41) is 0.179. The lowest BCUT2D eigenvalue weighted by Crippen LogP contribution is -2.29. The first-order valence-corrected chi connectivity index (χ1v) is 6.14. The number of allylic oxidation sites excluding steroid dienone is 2. The molecule has 0 aliphatic rings. The minimum absolute atomic E-state index is 0.174. The van der Waals surface area contributed by atoms with Gasteiger partial charge >= 0.3 is 0 Å². The molecule has 0 nitrogen and oxygen atoms in total. The Balaban J connectivity index is 4.73. The van der Waals surface area contributed by atoms with Crippen LogP contribution in [0.4, 0.5) is 0 Å². The van der Waals surface area contributed by atoms with Crippen LogP contribution in [-0.4, -0.2) is 6.13 Å². The summed E-state index contributed by atoms with van der Waals surface area (Å²) in [6.07, 6.45) is 4.60. The van der Waals surface area contributed by atoms with Gasteiger partial charge in [-0.2, -0.15) is 11.5 Å². The first-order chi connectivity index (χ1) is 6.37. The van der Waals surface area contributed by atoms with Crippen LogP contribution in [0.5, 0.6) is 0 Å². The third-order valence-electron chi connectivity index (χ3n) is 3.34. The van der Waals surface area contributed by atoms with Crippen LogP contribution >= 0.6 is 11.5 Å². The molecular weight excluding hydrogens is 190 g/mol. The van der Waals surface area contributed by atoms with Crippen molar-refractivity contribution in [1.29, 1.82) is 0 Å². The largest absolute Gasteiger partial charge is 0.284 e. The fraction of sp³-hybridized carbons (Fsp3) is 0.833. The van der Waals surface area contributed by atoms with E-state index in [-0.39, 0.29) is 11.4 Å². The lowest BCUT2D eigenvalue weighted by atomic mass is 9.44. The second kappa shape index (κ2) is 5.85. The van der Waals surface area contributed by atoms with Gasteiger partial charge in [0.25, 0.3) is 6.13 Å². The van der Waals surface area contributed by atoms with E-state index in [1.165, 1.54) is 5.47 Å². The van der Waals surface area contributed by atoms with Crippen molar-refractivity contribution in [3.8, 4) is 0 Å². The Kier molecular flexibility index (Phi) is 5.89. The Labute approximate surface area is 95.1 Å². The first kappa shape index (κ1) is 14.1. The minimum atomic E-state index is 0.174. The molecule has 0 atom stereocenters. The summed E-state index contributed by atoms with van der Waals surface area (Å²) < 4.78 is 0. The third kappa shape index (κ3) is 3.35. The van der Waals surface area contributed by atoms with E-state index in [4.69, 9.17) is 11.5 Å². The number of hydrogen-bond donors (Lipinski definition) is 0. The predicted octanol–water partition coefficient (Wildman–Crippen LogP) is 4.94. The van der Waals surface area contributed by atoms with Gasteiger partial charge in [0.1, 0.15) is 0 Å². The van der Waals surface area contributed by atoms with Gasteiger partial charge in [-0.25, -0.2) is 0 Å². The lowest BCUT2D eigenvalue weighted by molar-refractivity contribution is 0.472. The van der Waals surface area contributed by atoms with Gasteiger partial charge in [0.05, 0.1) is 0 Å². The molecule has 2 heteroatoms. The van der Waals surface area contributed by atoms with E-state index in [1.807, 2.05) is 0 Å². The van der Waals surface area contributed by atoms with Crippen LogP contribution in [-0.2, 0) is 0 Å². The Hall–Kier alpha value is 0.0949. The highest BCUT2D eigenvalue weighted by Crippen LogP contribution is 2.42. The van der Waals surface area contributed by atoms with Crippen LogP contribution < -0.4 is 0 Å². The highest BCUT2D eigenvalue weighted by atomic mass is 35.5. The van der Waals surface area contributed by atoms with Gasteiger partial charge in [0.15, 0.2) is 0 Å². The molecule has 0 fully saturated rings. The summed E-state index contributed by atoms with van der Waals surface area (Å²) >= 11 is 6.54. The molecule has 0 aromatic carbocycles. The average molecular weight is 215 g/mol. The van der Waals surface area contributed by atoms with Crippen molar-refractivity contribution >= 4 is 17.6 Å². The van der Waals surface area contributed by atoms with Crippen LogP contribution in [0, 0.1) is 5.92 Å². The molecule has 0 aromatic heterocycles. The highest BCUT2D eigenvalue weighted by Gasteiger charge is 2.36. The van der Waals surface area contributed by atoms with Crippen LogP contribution in [0.1, 0.15) is 54.4 Å². The summed E-state index contributed by atoms with van der Waals surface area (Å²) in [7, 11) is 0. The molecule has 0 aliphatic carbocycles. The first-order valence-electron chi connectivity index (χ1n) is 5.70. The highest BCUT2D eigenvalue weighted by molar-refractivity contribution is 7.12. The lowest BCUT2D eigenvalue weighted by Gasteiger charge is -2.33. The Morgan fingerprint density at radius 3 is 2.14 bits per heavy atom. The molecule has 0 rings (SSSR count). The van der Waals surface area contributed by atoms with E-state index in [9.17, 15) is 0 Å². The summed E-state index contributed by atoms with van der Waals surface area (Å²) in [6, 6.07) is 0. The minimum Gasteiger partial charge on any atom is -0.189 e. The molecule has 0 unspecified atom stereocenters. The molecule has 0 N–H and O–H groups in total. The summed E-state index contributed by atoms with van der Waals surface area (Å²) in [5.41, 5.74) is 1.40. The predicted molar refractivity (Wildman–Crippen MR) is 69.2 cm³/mol. The number of halogens is 1. The third-order valence-corrected chi connectivity index (χ3v) is 4.18. The molecule has 0 amide bonds. The van der Waals surface area contributed by atoms with Gasteiger partial charge in [0, 0.05) is 0 Å². The zero-order chi connectivity index (χ0) is 11.4. The summed E-state index contributed by atoms with van der Waals surface area (Å²) in [6.45, 7) is 13.4. The molecule has 0 saturated heterocycles. The average Bonchev–Trinajstić information content (AvgIpc) is 2.12. The maximum Gasteiger partial charge on any atom is 0.284 e. The zero-order valence-corrected chi connectivity index (χ0v) is 11.3. The SMILES string of the molecule is CCC=C(CC)B(Cl)C(C)(C)C(C)C. The van der Waals surface area contributed by atoms with Gasteiger partial charge in [-0.15, -0.1) is 0 Å². The van der Waals surface area contributed by atoms with Crippen molar-refractivity contribution in [2.75, 3.05) is 0 Å². The van der Waals surface area contributed by atoms with Crippen molar-refractivity contribution < 1.29 is 0 Å². The van der Waals surface area contributed by atoms with E-state index in [2.05, 4.69) is 47.6 Å². The molecule has 0 saturated carbocycles. The standard InChI is InChI=1S/C12H24BCl/c1-7-9-11(8-2)13(14)12(5,6)10(3)4/h9-10H,7-8H2,1-6H3. The van der Waals surface area contributed by atoms with E-state index in [0.29, 0.717) is 5.92 Å². The quantitative estimate of drug-likeness (QED) is 0.569. The van der Waals surface area contributed by atoms with Crippen LogP contribution in [0.3, 0.4) is 0 Å². The van der Waals surface area contributed by atoms with Gasteiger partial charge in [-0.1, -0.05) is 53.1 Å². The van der Waals surface area contributed by atoms with E-state index < -0.39 is 0 Å². The van der Waals surface area contributed by atoms with Crippen LogP contribution in [0.25, 0.3) is 0 Å². The molecule has 0 spiro atoms. The van der Waals surface area contributed by atoms with Gasteiger partial charge in [0.2, 0.25) is 0 Å². The smallest absolute Gasteiger partial charge is 0.189 e. The summed E-state index contributed by atoms with van der Waals surface area (Å²) in [4.78, 5) is 0. The molecule has 14 heavy (non-hydrogen) atoms. The Morgan fingerprint density at radius 1 is 1.36 bits per heavy atom. The van der Waals surface area contributed by atoms with Gasteiger partial charge < -0.3 is 0 Å². The number of rotatable bonds is 5. The van der Waals surface area contributed by atoms with Crippen molar-refractivity contribution in [1.82, 2.24) is 0 Å².